The lowest BCUT2D eigenvalue weighted by atomic mass is 10.1. The summed E-state index contributed by atoms with van der Waals surface area (Å²) in [4.78, 5) is 12.0. The number of fused-ring (bicyclic) bond motifs is 1. The van der Waals surface area contributed by atoms with Gasteiger partial charge in [-0.3, -0.25) is 4.79 Å². The molecule has 4 nitrogen and oxygen atoms in total. The summed E-state index contributed by atoms with van der Waals surface area (Å²) < 4.78 is 1.01. The van der Waals surface area contributed by atoms with Gasteiger partial charge in [0, 0.05) is 10.2 Å². The zero-order valence-corrected chi connectivity index (χ0v) is 15.4. The summed E-state index contributed by atoms with van der Waals surface area (Å²) in [5, 5.41) is 9.58. The van der Waals surface area contributed by atoms with Crippen LogP contribution in [0.15, 0.2) is 76.3 Å². The van der Waals surface area contributed by atoms with E-state index in [0.29, 0.717) is 0 Å². The molecule has 5 heteroatoms. The van der Waals surface area contributed by atoms with Gasteiger partial charge in [0.2, 0.25) is 0 Å². The van der Waals surface area contributed by atoms with E-state index in [1.807, 2.05) is 67.6 Å². The molecule has 0 aliphatic rings. The van der Waals surface area contributed by atoms with Crippen molar-refractivity contribution in [2.75, 3.05) is 11.9 Å². The zero-order valence-electron chi connectivity index (χ0n) is 13.8. The van der Waals surface area contributed by atoms with E-state index in [9.17, 15) is 4.79 Å². The maximum Gasteiger partial charge on any atom is 0.259 e. The Kier molecular flexibility index (Phi) is 5.46. The van der Waals surface area contributed by atoms with Crippen molar-refractivity contribution < 1.29 is 4.79 Å². The first kappa shape index (κ1) is 17.2. The third-order valence-corrected chi connectivity index (χ3v) is 4.34. The van der Waals surface area contributed by atoms with Crippen molar-refractivity contribution in [3.05, 3.63) is 76.8 Å². The quantitative estimate of drug-likeness (QED) is 0.491. The van der Waals surface area contributed by atoms with Crippen molar-refractivity contribution in [3.8, 4) is 0 Å². The van der Waals surface area contributed by atoms with Gasteiger partial charge in [-0.05, 0) is 47.5 Å². The molecule has 0 bridgehead atoms. The second-order valence-electron chi connectivity index (χ2n) is 5.65. The molecule has 0 radical (unpaired) electrons. The van der Waals surface area contributed by atoms with E-state index in [1.54, 1.807) is 0 Å². The molecule has 25 heavy (non-hydrogen) atoms. The van der Waals surface area contributed by atoms with Crippen LogP contribution in [0.2, 0.25) is 0 Å². The van der Waals surface area contributed by atoms with Crippen LogP contribution in [0.4, 0.5) is 5.69 Å². The highest BCUT2D eigenvalue weighted by molar-refractivity contribution is 9.10. The summed E-state index contributed by atoms with van der Waals surface area (Å²) in [6.45, 7) is 2.02. The molecule has 126 valence electrons. The summed E-state index contributed by atoms with van der Waals surface area (Å²) in [7, 11) is 0. The van der Waals surface area contributed by atoms with Gasteiger partial charge in [0.05, 0.1) is 12.3 Å². The Labute approximate surface area is 155 Å². The number of hydrogen-bond donors (Lipinski definition) is 2. The molecule has 3 aromatic rings. The van der Waals surface area contributed by atoms with Crippen LogP contribution in [0.1, 0.15) is 12.5 Å². The van der Waals surface area contributed by atoms with Crippen LogP contribution in [-0.4, -0.2) is 18.2 Å². The zero-order chi connectivity index (χ0) is 17.6. The molecule has 3 aromatic carbocycles. The molecule has 3 rings (SSSR count). The smallest absolute Gasteiger partial charge is 0.259 e. The van der Waals surface area contributed by atoms with Gasteiger partial charge in [-0.2, -0.15) is 5.10 Å². The molecule has 0 saturated carbocycles. The number of rotatable bonds is 5. The lowest BCUT2D eigenvalue weighted by Crippen LogP contribution is -2.26. The van der Waals surface area contributed by atoms with E-state index in [1.165, 1.54) is 5.39 Å². The summed E-state index contributed by atoms with van der Waals surface area (Å²) in [5.74, 6) is -0.190. The van der Waals surface area contributed by atoms with Gasteiger partial charge in [0.15, 0.2) is 0 Å². The van der Waals surface area contributed by atoms with Crippen LogP contribution in [0.5, 0.6) is 0 Å². The molecule has 2 N–H and O–H groups in total. The molecular weight excluding hydrogens is 378 g/mol. The van der Waals surface area contributed by atoms with Crippen molar-refractivity contribution >= 4 is 44.0 Å². The topological polar surface area (TPSA) is 53.5 Å². The molecule has 0 fully saturated rings. The third-order valence-electron chi connectivity index (χ3n) is 3.81. The number of nitrogens with zero attached hydrogens (tertiary/aromatic N) is 1. The maximum absolute atomic E-state index is 12.0. The van der Waals surface area contributed by atoms with Gasteiger partial charge >= 0.3 is 0 Å². The molecule has 0 unspecified atom stereocenters. The fraction of sp³-hybridized carbons (Fsp3) is 0.100. The first-order valence-corrected chi connectivity index (χ1v) is 8.73. The number of amides is 1. The number of nitrogens with one attached hydrogen (secondary N) is 2. The lowest BCUT2D eigenvalue weighted by molar-refractivity contribution is -0.119. The molecule has 0 atom stereocenters. The highest BCUT2D eigenvalue weighted by Gasteiger charge is 2.02. The minimum atomic E-state index is -0.190. The van der Waals surface area contributed by atoms with Crippen molar-refractivity contribution in [2.45, 2.75) is 6.92 Å². The lowest BCUT2D eigenvalue weighted by Gasteiger charge is -2.07. The standard InChI is InChI=1S/C20H18BrN3O/c1-14(15-6-9-18(21)10-7-15)23-24-20(25)13-22-19-11-8-16-4-2-3-5-17(16)12-19/h2-12,22H,13H2,1H3,(H,24,25)/b23-14-. The Morgan fingerprint density at radius 1 is 1.00 bits per heavy atom. The number of hydrogen-bond acceptors (Lipinski definition) is 3. The average molecular weight is 396 g/mol. The van der Waals surface area contributed by atoms with Crippen LogP contribution in [0, 0.1) is 0 Å². The van der Waals surface area contributed by atoms with Gasteiger partial charge in [-0.1, -0.05) is 58.4 Å². The fourth-order valence-corrected chi connectivity index (χ4v) is 2.69. The van der Waals surface area contributed by atoms with Gasteiger partial charge in [0.1, 0.15) is 0 Å². The Balaban J connectivity index is 1.56. The minimum absolute atomic E-state index is 0.162. The molecule has 0 heterocycles. The van der Waals surface area contributed by atoms with Gasteiger partial charge in [0.25, 0.3) is 5.91 Å². The Morgan fingerprint density at radius 3 is 2.48 bits per heavy atom. The van der Waals surface area contributed by atoms with E-state index >= 15 is 0 Å². The number of benzene rings is 3. The molecule has 0 saturated heterocycles. The molecule has 0 aliphatic carbocycles. The predicted molar refractivity (Wildman–Crippen MR) is 107 cm³/mol. The highest BCUT2D eigenvalue weighted by Crippen LogP contribution is 2.18. The first-order chi connectivity index (χ1) is 12.1. The summed E-state index contributed by atoms with van der Waals surface area (Å²) in [6, 6.07) is 21.9. The average Bonchev–Trinajstić information content (AvgIpc) is 2.65. The number of anilines is 1. The SMILES string of the molecule is C/C(=N/NC(=O)CNc1ccc2ccccc2c1)c1ccc(Br)cc1. The monoisotopic (exact) mass is 395 g/mol. The van der Waals surface area contributed by atoms with E-state index in [0.717, 1.165) is 26.8 Å². The Bertz CT molecular complexity index is 920. The van der Waals surface area contributed by atoms with E-state index in [2.05, 4.69) is 37.8 Å². The third kappa shape index (κ3) is 4.67. The Hall–Kier alpha value is -2.66. The van der Waals surface area contributed by atoms with Gasteiger partial charge in [-0.25, -0.2) is 5.43 Å². The molecule has 1 amide bonds. The predicted octanol–water partition coefficient (Wildman–Crippen LogP) is 4.55. The summed E-state index contributed by atoms with van der Waals surface area (Å²) >= 11 is 3.40. The molecule has 0 aromatic heterocycles. The molecule has 0 spiro atoms. The number of hydrazone groups is 1. The van der Waals surface area contributed by atoms with Crippen molar-refractivity contribution in [2.24, 2.45) is 5.10 Å². The van der Waals surface area contributed by atoms with E-state index in [-0.39, 0.29) is 12.5 Å². The number of halogens is 1. The largest absolute Gasteiger partial charge is 0.376 e. The minimum Gasteiger partial charge on any atom is -0.376 e. The fourth-order valence-electron chi connectivity index (χ4n) is 2.42. The van der Waals surface area contributed by atoms with Crippen molar-refractivity contribution in [1.29, 1.82) is 0 Å². The van der Waals surface area contributed by atoms with Crippen LogP contribution >= 0.6 is 15.9 Å². The second kappa shape index (κ2) is 7.94. The normalized spacial score (nSPS) is 11.4. The van der Waals surface area contributed by atoms with Gasteiger partial charge < -0.3 is 5.32 Å². The first-order valence-electron chi connectivity index (χ1n) is 7.93. The highest BCUT2D eigenvalue weighted by atomic mass is 79.9. The second-order valence-corrected chi connectivity index (χ2v) is 6.57. The molecular formula is C20H18BrN3O. The van der Waals surface area contributed by atoms with Crippen LogP contribution in [0.3, 0.4) is 0 Å². The van der Waals surface area contributed by atoms with E-state index < -0.39 is 0 Å². The van der Waals surface area contributed by atoms with Crippen LogP contribution in [-0.2, 0) is 4.79 Å². The van der Waals surface area contributed by atoms with Crippen LogP contribution in [0.25, 0.3) is 10.8 Å². The van der Waals surface area contributed by atoms with Crippen LogP contribution < -0.4 is 10.7 Å². The summed E-state index contributed by atoms with van der Waals surface area (Å²) in [5.41, 5.74) is 5.20. The number of carbonyl (C=O) groups excluding carboxylic acids is 1. The molecule has 0 aliphatic heterocycles. The van der Waals surface area contributed by atoms with E-state index in [4.69, 9.17) is 0 Å². The van der Waals surface area contributed by atoms with Crippen molar-refractivity contribution in [3.63, 3.8) is 0 Å². The number of carbonyl (C=O) groups is 1. The maximum atomic E-state index is 12.0. The summed E-state index contributed by atoms with van der Waals surface area (Å²) in [6.07, 6.45) is 0. The van der Waals surface area contributed by atoms with Crippen molar-refractivity contribution in [1.82, 2.24) is 5.43 Å². The van der Waals surface area contributed by atoms with Gasteiger partial charge in [-0.15, -0.1) is 0 Å². The Morgan fingerprint density at radius 2 is 1.72 bits per heavy atom.